The molecule has 500 valence electrons. The summed E-state index contributed by atoms with van der Waals surface area (Å²) >= 11 is 0. The first-order valence-corrected chi connectivity index (χ1v) is 38.9. The summed E-state index contributed by atoms with van der Waals surface area (Å²) in [6.45, 7) is 4.52. The molecule has 0 aliphatic carbocycles. The van der Waals surface area contributed by atoms with Gasteiger partial charge in [-0.05, 0) is 38.5 Å². The number of quaternary nitrogens is 1. The number of ether oxygens (including phenoxy) is 2. The van der Waals surface area contributed by atoms with Crippen molar-refractivity contribution >= 4 is 19.8 Å². The summed E-state index contributed by atoms with van der Waals surface area (Å²) in [5, 5.41) is 0. The second kappa shape index (κ2) is 66.2. The van der Waals surface area contributed by atoms with E-state index in [0.717, 1.165) is 38.5 Å². The molecular weight excluding hydrogens is 1060 g/mol. The Hall–Kier alpha value is -1.25. The third-order valence-corrected chi connectivity index (χ3v) is 18.3. The van der Waals surface area contributed by atoms with Crippen LogP contribution in [0.2, 0.25) is 0 Å². The van der Waals surface area contributed by atoms with E-state index < -0.39 is 26.5 Å². The summed E-state index contributed by atoms with van der Waals surface area (Å²) in [6.07, 6.45) is 82.1. The minimum Gasteiger partial charge on any atom is -0.462 e. The smallest absolute Gasteiger partial charge is 0.462 e. The van der Waals surface area contributed by atoms with E-state index in [1.54, 1.807) is 0 Å². The average Bonchev–Trinajstić information content (AvgIpc) is 3.61. The van der Waals surface area contributed by atoms with Crippen LogP contribution in [0.5, 0.6) is 0 Å². The molecule has 0 aromatic carbocycles. The second-order valence-electron chi connectivity index (χ2n) is 27.0. The van der Waals surface area contributed by atoms with Crippen molar-refractivity contribution in [1.29, 1.82) is 0 Å². The van der Waals surface area contributed by atoms with Crippen LogP contribution in [0.3, 0.4) is 0 Å². The van der Waals surface area contributed by atoms with E-state index in [-0.39, 0.29) is 25.6 Å². The molecule has 0 heterocycles. The Morgan fingerprint density at radius 3 is 0.881 bits per heavy atom. The van der Waals surface area contributed by atoms with Crippen LogP contribution in [0.1, 0.15) is 399 Å². The molecule has 0 fully saturated rings. The van der Waals surface area contributed by atoms with Crippen molar-refractivity contribution in [3.8, 4) is 0 Å². The number of rotatable bonds is 71. The number of phosphoric acid groups is 1. The van der Waals surface area contributed by atoms with E-state index in [4.69, 9.17) is 18.5 Å². The lowest BCUT2D eigenvalue weighted by atomic mass is 10.0. The molecule has 0 rings (SSSR count). The minimum atomic E-state index is -4.38. The SMILES string of the molecule is CCCCCCCCCC/C=C\CCCCCCCCCCCCCCCCCCCCCCCCCCCCCCCC(=O)OC(COC(=O)CCCCCCCCCCCCCCCCCCCCC)COP(=O)(O)OCC[N+](C)(C)C. The molecule has 0 bridgehead atoms. The Morgan fingerprint density at radius 1 is 0.357 bits per heavy atom. The van der Waals surface area contributed by atoms with Crippen LogP contribution in [0.4, 0.5) is 0 Å². The fraction of sp³-hybridized carbons (Fsp3) is 0.946. The zero-order chi connectivity index (χ0) is 61.2. The van der Waals surface area contributed by atoms with Crippen LogP contribution in [0.25, 0.3) is 0 Å². The molecule has 0 saturated carbocycles. The maximum absolute atomic E-state index is 12.9. The van der Waals surface area contributed by atoms with E-state index in [1.165, 1.54) is 334 Å². The van der Waals surface area contributed by atoms with Crippen molar-refractivity contribution in [2.45, 2.75) is 405 Å². The molecule has 0 saturated heterocycles. The van der Waals surface area contributed by atoms with E-state index >= 15 is 0 Å². The highest BCUT2D eigenvalue weighted by Crippen LogP contribution is 2.43. The number of phosphoric ester groups is 1. The normalized spacial score (nSPS) is 13.1. The fourth-order valence-electron chi connectivity index (χ4n) is 11.5. The number of hydrogen-bond acceptors (Lipinski definition) is 7. The number of carbonyl (C=O) groups is 2. The molecule has 0 spiro atoms. The van der Waals surface area contributed by atoms with Gasteiger partial charge in [0, 0.05) is 12.8 Å². The van der Waals surface area contributed by atoms with Crippen molar-refractivity contribution in [1.82, 2.24) is 0 Å². The predicted octanol–water partition coefficient (Wildman–Crippen LogP) is 24.3. The van der Waals surface area contributed by atoms with Crippen molar-refractivity contribution in [3.05, 3.63) is 12.2 Å². The molecule has 2 unspecified atom stereocenters. The van der Waals surface area contributed by atoms with E-state index in [0.29, 0.717) is 17.4 Å². The van der Waals surface area contributed by atoms with Crippen molar-refractivity contribution in [2.24, 2.45) is 0 Å². The monoisotopic (exact) mass is 1210 g/mol. The van der Waals surface area contributed by atoms with Gasteiger partial charge in [0.2, 0.25) is 0 Å². The highest BCUT2D eigenvalue weighted by atomic mass is 31.2. The average molecular weight is 1210 g/mol. The number of hydrogen-bond donors (Lipinski definition) is 1. The summed E-state index contributed by atoms with van der Waals surface area (Å²) in [7, 11) is 1.51. The highest BCUT2D eigenvalue weighted by Gasteiger charge is 2.27. The lowest BCUT2D eigenvalue weighted by Crippen LogP contribution is -2.37. The summed E-state index contributed by atoms with van der Waals surface area (Å²) in [4.78, 5) is 35.8. The number of allylic oxidation sites excluding steroid dienone is 2. The quantitative estimate of drug-likeness (QED) is 0.0211. The lowest BCUT2D eigenvalue weighted by Gasteiger charge is -2.24. The van der Waals surface area contributed by atoms with Crippen LogP contribution < -0.4 is 0 Å². The molecule has 0 aromatic heterocycles. The second-order valence-corrected chi connectivity index (χ2v) is 28.5. The van der Waals surface area contributed by atoms with Gasteiger partial charge in [0.1, 0.15) is 19.8 Å². The maximum Gasteiger partial charge on any atom is 0.472 e. The minimum absolute atomic E-state index is 0.0371. The number of unbranched alkanes of at least 4 members (excludes halogenated alkanes) is 55. The van der Waals surface area contributed by atoms with Crippen LogP contribution in [-0.2, 0) is 32.7 Å². The van der Waals surface area contributed by atoms with Crippen molar-refractivity contribution in [3.63, 3.8) is 0 Å². The van der Waals surface area contributed by atoms with Crippen LogP contribution in [-0.4, -0.2) is 74.9 Å². The molecule has 0 aliphatic heterocycles. The number of esters is 2. The van der Waals surface area contributed by atoms with Crippen LogP contribution in [0, 0.1) is 0 Å². The van der Waals surface area contributed by atoms with Crippen LogP contribution >= 0.6 is 7.82 Å². The van der Waals surface area contributed by atoms with Gasteiger partial charge in [-0.2, -0.15) is 0 Å². The molecule has 2 atom stereocenters. The van der Waals surface area contributed by atoms with Gasteiger partial charge in [-0.1, -0.05) is 360 Å². The van der Waals surface area contributed by atoms with Gasteiger partial charge in [0.15, 0.2) is 6.10 Å². The van der Waals surface area contributed by atoms with Crippen molar-refractivity contribution < 1.29 is 42.1 Å². The van der Waals surface area contributed by atoms with Gasteiger partial charge in [-0.3, -0.25) is 18.6 Å². The van der Waals surface area contributed by atoms with Crippen LogP contribution in [0.15, 0.2) is 12.2 Å². The topological polar surface area (TPSA) is 108 Å². The Bertz CT molecular complexity index is 1420. The predicted molar refractivity (Wildman–Crippen MR) is 363 cm³/mol. The fourth-order valence-corrected chi connectivity index (χ4v) is 12.3. The zero-order valence-electron chi connectivity index (χ0n) is 57.2. The lowest BCUT2D eigenvalue weighted by molar-refractivity contribution is -0.870. The first kappa shape index (κ1) is 82.8. The summed E-state index contributed by atoms with van der Waals surface area (Å²) in [5.74, 6) is -0.770. The Balaban J connectivity index is 3.84. The van der Waals surface area contributed by atoms with Gasteiger partial charge < -0.3 is 18.9 Å². The number of carbonyl (C=O) groups excluding carboxylic acids is 2. The first-order valence-electron chi connectivity index (χ1n) is 37.4. The molecular formula is C74H147NO8P+. The Kier molecular flexibility index (Phi) is 65.2. The summed E-state index contributed by atoms with van der Waals surface area (Å²) in [6, 6.07) is 0. The molecule has 9 nitrogen and oxygen atoms in total. The standard InChI is InChI=1S/C74H146NO8P/c1-6-8-10-12-14-16-18-20-22-24-26-27-28-29-30-31-32-33-34-35-36-37-38-39-40-41-42-43-44-45-46-47-49-51-53-55-57-59-61-63-65-67-74(77)83-72(71-82-84(78,79)81-69-68-75(3,4)5)70-80-73(76)66-64-62-60-58-56-54-52-50-48-25-23-21-19-17-15-13-11-9-7-2/h24,26,72H,6-23,25,27-71H2,1-5H3/p+1/b26-24-. The van der Waals surface area contributed by atoms with Gasteiger partial charge >= 0.3 is 19.8 Å². The molecule has 0 radical (unpaired) electrons. The molecule has 1 N–H and O–H groups in total. The largest absolute Gasteiger partial charge is 0.472 e. The van der Waals surface area contributed by atoms with E-state index in [1.807, 2.05) is 21.1 Å². The Morgan fingerprint density at radius 2 is 0.607 bits per heavy atom. The highest BCUT2D eigenvalue weighted by molar-refractivity contribution is 7.47. The maximum atomic E-state index is 12.9. The molecule has 0 amide bonds. The van der Waals surface area contributed by atoms with E-state index in [2.05, 4.69) is 26.0 Å². The molecule has 84 heavy (non-hydrogen) atoms. The molecule has 0 aromatic rings. The van der Waals surface area contributed by atoms with E-state index in [9.17, 15) is 19.0 Å². The Labute approximate surface area is 524 Å². The van der Waals surface area contributed by atoms with Gasteiger partial charge in [0.05, 0.1) is 27.7 Å². The number of nitrogens with zero attached hydrogens (tertiary/aromatic N) is 1. The molecule has 0 aliphatic rings. The summed E-state index contributed by atoms with van der Waals surface area (Å²) < 4.78 is 34.7. The van der Waals surface area contributed by atoms with Crippen molar-refractivity contribution in [2.75, 3.05) is 47.5 Å². The first-order chi connectivity index (χ1) is 41.0. The van der Waals surface area contributed by atoms with Gasteiger partial charge in [-0.15, -0.1) is 0 Å². The van der Waals surface area contributed by atoms with Gasteiger partial charge in [0.25, 0.3) is 0 Å². The third-order valence-electron chi connectivity index (χ3n) is 17.3. The molecule has 10 heteroatoms. The van der Waals surface area contributed by atoms with Gasteiger partial charge in [-0.25, -0.2) is 4.57 Å². The third kappa shape index (κ3) is 69.8. The zero-order valence-corrected chi connectivity index (χ0v) is 58.1. The summed E-state index contributed by atoms with van der Waals surface area (Å²) in [5.41, 5.74) is 0. The number of likely N-dealkylation sites (N-methyl/N-ethyl adjacent to an activating group) is 1.